The van der Waals surface area contributed by atoms with E-state index in [2.05, 4.69) is 15.3 Å². The first-order chi connectivity index (χ1) is 20.2. The number of rotatable bonds is 8. The lowest BCUT2D eigenvalue weighted by atomic mass is 9.58. The normalized spacial score (nSPS) is 23.8. The number of carboxylic acids is 1. The average Bonchev–Trinajstić information content (AvgIpc) is 3.55. The molecule has 1 N–H and O–H groups in total. The van der Waals surface area contributed by atoms with Crippen LogP contribution >= 0.6 is 0 Å². The smallest absolute Gasteiger partial charge is 0.417 e. The maximum absolute atomic E-state index is 13.8. The molecule has 4 saturated carbocycles. The van der Waals surface area contributed by atoms with Gasteiger partial charge in [-0.2, -0.15) is 18.2 Å². The van der Waals surface area contributed by atoms with Crippen molar-refractivity contribution in [2.75, 3.05) is 0 Å². The van der Waals surface area contributed by atoms with Crippen LogP contribution in [-0.4, -0.2) is 32.0 Å². The fourth-order valence-corrected chi connectivity index (χ4v) is 6.54. The van der Waals surface area contributed by atoms with Gasteiger partial charge in [0, 0.05) is 22.6 Å². The summed E-state index contributed by atoms with van der Waals surface area (Å²) in [5.41, 5.74) is 0.111. The van der Waals surface area contributed by atoms with E-state index in [1.165, 1.54) is 24.3 Å². The minimum Gasteiger partial charge on any atom is -0.478 e. The van der Waals surface area contributed by atoms with Crippen LogP contribution in [0.5, 0.6) is 0 Å². The van der Waals surface area contributed by atoms with Crippen molar-refractivity contribution >= 4 is 5.97 Å². The lowest BCUT2D eigenvalue weighted by Gasteiger charge is -2.51. The number of carbonyl (C=O) groups is 1. The predicted molar refractivity (Wildman–Crippen MR) is 143 cm³/mol. The van der Waals surface area contributed by atoms with Gasteiger partial charge in [0.2, 0.25) is 11.7 Å². The van der Waals surface area contributed by atoms with Crippen LogP contribution in [0.25, 0.3) is 22.6 Å². The molecule has 11 heteroatoms. The Balaban J connectivity index is 1.09. The summed E-state index contributed by atoms with van der Waals surface area (Å²) in [4.78, 5) is 16.0. The van der Waals surface area contributed by atoms with Gasteiger partial charge in [-0.3, -0.25) is 0 Å². The number of carboxylic acid groups (broad SMARTS) is 1. The number of hydrogen-bond donors (Lipinski definition) is 1. The van der Waals surface area contributed by atoms with Crippen molar-refractivity contribution in [3.63, 3.8) is 0 Å². The zero-order valence-corrected chi connectivity index (χ0v) is 22.6. The zero-order chi connectivity index (χ0) is 29.1. The zero-order valence-electron chi connectivity index (χ0n) is 22.6. The second kappa shape index (κ2) is 9.79. The summed E-state index contributed by atoms with van der Waals surface area (Å²) in [7, 11) is 0. The molecule has 0 unspecified atom stereocenters. The summed E-state index contributed by atoms with van der Waals surface area (Å²) >= 11 is 0. The molecule has 0 atom stereocenters. The molecule has 8 nitrogen and oxygen atoms in total. The summed E-state index contributed by atoms with van der Waals surface area (Å²) < 4.78 is 59.5. The Morgan fingerprint density at radius 2 is 1.71 bits per heavy atom. The van der Waals surface area contributed by atoms with Gasteiger partial charge >= 0.3 is 12.1 Å². The van der Waals surface area contributed by atoms with E-state index in [1.807, 2.05) is 0 Å². The highest BCUT2D eigenvalue weighted by atomic mass is 19.4. The van der Waals surface area contributed by atoms with Crippen molar-refractivity contribution in [1.29, 1.82) is 0 Å². The van der Waals surface area contributed by atoms with E-state index in [0.29, 0.717) is 28.6 Å². The molecule has 2 aromatic carbocycles. The first kappa shape index (κ1) is 26.9. The molecule has 0 aliphatic heterocycles. The molecule has 0 saturated heterocycles. The molecule has 0 amide bonds. The van der Waals surface area contributed by atoms with Gasteiger partial charge in [-0.1, -0.05) is 40.6 Å². The minimum absolute atomic E-state index is 0.00384. The quantitative estimate of drug-likeness (QED) is 0.228. The fraction of sp³-hybridized carbons (Fsp3) is 0.419. The van der Waals surface area contributed by atoms with Crippen LogP contribution in [0, 0.1) is 0 Å². The first-order valence-corrected chi connectivity index (χ1v) is 14.1. The lowest BCUT2D eigenvalue weighted by Crippen LogP contribution is -2.49. The molecular weight excluding hydrogens is 551 g/mol. The third-order valence-corrected chi connectivity index (χ3v) is 9.20. The molecule has 2 bridgehead atoms. The number of benzene rings is 2. The second-order valence-corrected chi connectivity index (χ2v) is 11.8. The molecule has 2 aromatic heterocycles. The molecular formula is C31H28F3N3O5. The SMILES string of the molecule is O=C(O)c1cccc(-c2noc(C34CCC(OCc5c(-c6ccccc6C(F)(F)F)noc5C5CC5)(CC3)CC4)n2)c1. The summed E-state index contributed by atoms with van der Waals surface area (Å²) in [5, 5.41) is 17.6. The van der Waals surface area contributed by atoms with Gasteiger partial charge in [0.1, 0.15) is 11.5 Å². The van der Waals surface area contributed by atoms with Gasteiger partial charge in [-0.25, -0.2) is 4.79 Å². The summed E-state index contributed by atoms with van der Waals surface area (Å²) in [6.07, 6.45) is 1.88. The highest BCUT2D eigenvalue weighted by molar-refractivity contribution is 5.89. The molecule has 4 aromatic rings. The van der Waals surface area contributed by atoms with Gasteiger partial charge in [0.15, 0.2) is 0 Å². The van der Waals surface area contributed by atoms with Crippen LogP contribution < -0.4 is 0 Å². The van der Waals surface area contributed by atoms with E-state index in [9.17, 15) is 23.1 Å². The van der Waals surface area contributed by atoms with Crippen LogP contribution in [-0.2, 0) is 22.9 Å². The van der Waals surface area contributed by atoms with Crippen molar-refractivity contribution in [2.45, 2.75) is 81.1 Å². The Bertz CT molecular complexity index is 1630. The summed E-state index contributed by atoms with van der Waals surface area (Å²) in [6.45, 7) is 0.133. The highest BCUT2D eigenvalue weighted by Gasteiger charge is 2.53. The second-order valence-electron chi connectivity index (χ2n) is 11.8. The molecule has 0 radical (unpaired) electrons. The van der Waals surface area contributed by atoms with Crippen LogP contribution in [0.2, 0.25) is 0 Å². The van der Waals surface area contributed by atoms with Crippen LogP contribution in [0.4, 0.5) is 13.2 Å². The standard InChI is InChI=1S/C31H28F3N3O5/c32-31(33,34)23-7-2-1-6-21(23)24-22(25(41-36-24)18-8-9-18)17-40-30-13-10-29(11-14-30,12-15-30)28-35-26(37-42-28)19-4-3-5-20(16-19)27(38)39/h1-7,16,18H,8-15,17H2,(H,38,39). The Morgan fingerprint density at radius 3 is 2.40 bits per heavy atom. The van der Waals surface area contributed by atoms with Crippen molar-refractivity contribution < 1.29 is 36.9 Å². The molecule has 42 heavy (non-hydrogen) atoms. The fourth-order valence-electron chi connectivity index (χ4n) is 6.54. The van der Waals surface area contributed by atoms with E-state index in [1.54, 1.807) is 18.2 Å². The van der Waals surface area contributed by atoms with Crippen molar-refractivity contribution in [2.24, 2.45) is 0 Å². The predicted octanol–water partition coefficient (Wildman–Crippen LogP) is 7.55. The number of fused-ring (bicyclic) bond motifs is 3. The van der Waals surface area contributed by atoms with Crippen LogP contribution in [0.1, 0.15) is 90.4 Å². The molecule has 0 spiro atoms. The van der Waals surface area contributed by atoms with Gasteiger partial charge in [-0.15, -0.1) is 0 Å². The molecule has 218 valence electrons. The van der Waals surface area contributed by atoms with Gasteiger partial charge in [-0.05, 0) is 69.6 Å². The molecule has 4 aliphatic rings. The summed E-state index contributed by atoms with van der Waals surface area (Å²) in [5.74, 6) is 0.668. The first-order valence-electron chi connectivity index (χ1n) is 14.1. The van der Waals surface area contributed by atoms with Crippen LogP contribution in [0.15, 0.2) is 57.6 Å². The number of hydrogen-bond acceptors (Lipinski definition) is 7. The Morgan fingerprint density at radius 1 is 0.976 bits per heavy atom. The Kier molecular flexibility index (Phi) is 6.27. The minimum atomic E-state index is -4.52. The molecule has 8 rings (SSSR count). The monoisotopic (exact) mass is 579 g/mol. The van der Waals surface area contributed by atoms with E-state index >= 15 is 0 Å². The maximum atomic E-state index is 13.8. The van der Waals surface area contributed by atoms with E-state index in [-0.39, 0.29) is 34.8 Å². The highest BCUT2D eigenvalue weighted by Crippen LogP contribution is 2.55. The van der Waals surface area contributed by atoms with Crippen molar-refractivity contribution in [3.8, 4) is 22.6 Å². The molecule has 2 heterocycles. The Hall–Kier alpha value is -3.99. The average molecular weight is 580 g/mol. The van der Waals surface area contributed by atoms with Crippen molar-refractivity contribution in [3.05, 3.63) is 76.9 Å². The van der Waals surface area contributed by atoms with Gasteiger partial charge < -0.3 is 18.9 Å². The largest absolute Gasteiger partial charge is 0.478 e. The van der Waals surface area contributed by atoms with Crippen molar-refractivity contribution in [1.82, 2.24) is 15.3 Å². The molecule has 4 aliphatic carbocycles. The molecule has 4 fully saturated rings. The van der Waals surface area contributed by atoms with E-state index in [4.69, 9.17) is 13.8 Å². The third-order valence-electron chi connectivity index (χ3n) is 9.20. The summed E-state index contributed by atoms with van der Waals surface area (Å²) in [6, 6.07) is 11.9. The number of ether oxygens (including phenoxy) is 1. The lowest BCUT2D eigenvalue weighted by molar-refractivity contribution is -0.137. The third kappa shape index (κ3) is 4.69. The van der Waals surface area contributed by atoms with Crippen LogP contribution in [0.3, 0.4) is 0 Å². The number of halogens is 3. The topological polar surface area (TPSA) is 111 Å². The number of aromatic carboxylic acids is 1. The van der Waals surface area contributed by atoms with E-state index < -0.39 is 23.3 Å². The number of alkyl halides is 3. The Labute approximate surface area is 238 Å². The van der Waals surface area contributed by atoms with E-state index in [0.717, 1.165) is 57.4 Å². The number of aromatic nitrogens is 3. The maximum Gasteiger partial charge on any atom is 0.417 e. The number of nitrogens with zero attached hydrogens (tertiary/aromatic N) is 3. The van der Waals surface area contributed by atoms with Gasteiger partial charge in [0.05, 0.1) is 28.7 Å². The van der Waals surface area contributed by atoms with Gasteiger partial charge in [0.25, 0.3) is 0 Å².